The molecule has 0 saturated carbocycles. The lowest BCUT2D eigenvalue weighted by Gasteiger charge is -2.22. The van der Waals surface area contributed by atoms with Gasteiger partial charge in [0.25, 0.3) is 0 Å². The summed E-state index contributed by atoms with van der Waals surface area (Å²) in [4.78, 5) is 11.7. The Morgan fingerprint density at radius 3 is 2.63 bits per heavy atom. The molecule has 1 aromatic rings. The predicted molar refractivity (Wildman–Crippen MR) is 73.4 cm³/mol. The minimum absolute atomic E-state index is 0.0599. The lowest BCUT2D eigenvalue weighted by molar-refractivity contribution is -0.116. The van der Waals surface area contributed by atoms with Gasteiger partial charge in [0.15, 0.2) is 11.6 Å². The highest BCUT2D eigenvalue weighted by Crippen LogP contribution is 2.22. The number of aromatic hydroxyl groups is 1. The van der Waals surface area contributed by atoms with Crippen molar-refractivity contribution in [1.82, 2.24) is 0 Å². The van der Waals surface area contributed by atoms with E-state index in [1.165, 1.54) is 12.1 Å². The maximum absolute atomic E-state index is 13.1. The van der Waals surface area contributed by atoms with Gasteiger partial charge in [-0.3, -0.25) is 4.79 Å². The fourth-order valence-electron chi connectivity index (χ4n) is 1.89. The molecule has 1 amide bonds. The molecule has 19 heavy (non-hydrogen) atoms. The summed E-state index contributed by atoms with van der Waals surface area (Å²) in [6.45, 7) is 6.17. The van der Waals surface area contributed by atoms with Crippen LogP contribution in [-0.2, 0) is 4.79 Å². The largest absolute Gasteiger partial charge is 0.505 e. The Morgan fingerprint density at radius 1 is 1.47 bits per heavy atom. The Hall–Kier alpha value is -1.62. The van der Waals surface area contributed by atoms with Crippen LogP contribution in [0.5, 0.6) is 5.75 Å². The normalized spacial score (nSPS) is 13.1. The van der Waals surface area contributed by atoms with Gasteiger partial charge < -0.3 is 16.2 Å². The van der Waals surface area contributed by atoms with Crippen LogP contribution >= 0.6 is 0 Å². The molecule has 0 fully saturated rings. The van der Waals surface area contributed by atoms with E-state index in [9.17, 15) is 9.18 Å². The first-order valence-electron chi connectivity index (χ1n) is 6.21. The van der Waals surface area contributed by atoms with Crippen LogP contribution in [-0.4, -0.2) is 17.1 Å². The summed E-state index contributed by atoms with van der Waals surface area (Å²) in [5.74, 6) is -1.47. The summed E-state index contributed by atoms with van der Waals surface area (Å²) in [7, 11) is 0. The zero-order valence-electron chi connectivity index (χ0n) is 11.5. The molecule has 0 aliphatic carbocycles. The molecule has 0 radical (unpaired) electrons. The van der Waals surface area contributed by atoms with Gasteiger partial charge in [-0.25, -0.2) is 4.39 Å². The Morgan fingerprint density at radius 2 is 2.11 bits per heavy atom. The molecule has 1 atom stereocenters. The number of halogens is 1. The minimum atomic E-state index is -0.767. The number of hydrogen-bond donors (Lipinski definition) is 3. The molecule has 1 unspecified atom stereocenters. The average Bonchev–Trinajstić information content (AvgIpc) is 2.20. The average molecular weight is 268 g/mol. The van der Waals surface area contributed by atoms with Crippen molar-refractivity contribution < 1.29 is 14.3 Å². The molecule has 0 aliphatic heterocycles. The third-order valence-corrected chi connectivity index (χ3v) is 2.55. The van der Waals surface area contributed by atoms with Crippen molar-refractivity contribution in [3.8, 4) is 5.75 Å². The lowest BCUT2D eigenvalue weighted by Crippen LogP contribution is -2.31. The van der Waals surface area contributed by atoms with Crippen LogP contribution in [0.3, 0.4) is 0 Å². The number of rotatable bonds is 4. The first-order valence-corrected chi connectivity index (χ1v) is 6.21. The fraction of sp³-hybridized carbons (Fsp3) is 0.500. The van der Waals surface area contributed by atoms with Gasteiger partial charge in [-0.15, -0.1) is 0 Å². The van der Waals surface area contributed by atoms with Crippen molar-refractivity contribution in [3.63, 3.8) is 0 Å². The number of nitrogens with one attached hydrogen (secondary N) is 1. The molecule has 0 saturated heterocycles. The first-order chi connectivity index (χ1) is 8.67. The van der Waals surface area contributed by atoms with E-state index in [1.807, 2.05) is 0 Å². The van der Waals surface area contributed by atoms with Crippen LogP contribution < -0.4 is 11.1 Å². The van der Waals surface area contributed by atoms with Crippen molar-refractivity contribution >= 4 is 11.6 Å². The molecule has 0 heterocycles. The third kappa shape index (κ3) is 5.70. The third-order valence-electron chi connectivity index (χ3n) is 2.55. The van der Waals surface area contributed by atoms with Crippen LogP contribution in [0.1, 0.15) is 33.6 Å². The van der Waals surface area contributed by atoms with Crippen LogP contribution in [0, 0.1) is 11.2 Å². The second-order valence-electron chi connectivity index (χ2n) is 5.94. The Labute approximate surface area is 112 Å². The predicted octanol–water partition coefficient (Wildman–Crippen LogP) is 2.62. The fourth-order valence-corrected chi connectivity index (χ4v) is 1.89. The molecule has 106 valence electrons. The van der Waals surface area contributed by atoms with E-state index in [1.54, 1.807) is 0 Å². The summed E-state index contributed by atoms with van der Waals surface area (Å²) in [5, 5.41) is 11.6. The smallest absolute Gasteiger partial charge is 0.225 e. The molecule has 5 heteroatoms. The number of carbonyl (C=O) groups excluding carboxylic acids is 1. The number of phenols is 1. The number of amides is 1. The number of phenolic OH excluding ortho intramolecular Hbond substituents is 1. The zero-order valence-corrected chi connectivity index (χ0v) is 11.5. The van der Waals surface area contributed by atoms with Crippen molar-refractivity contribution in [2.24, 2.45) is 11.1 Å². The summed E-state index contributed by atoms with van der Waals surface area (Å²) < 4.78 is 13.1. The maximum Gasteiger partial charge on any atom is 0.225 e. The van der Waals surface area contributed by atoms with E-state index in [4.69, 9.17) is 10.8 Å². The quantitative estimate of drug-likeness (QED) is 0.735. The SMILES string of the molecule is CC(C)(C)CC(N)CC(=O)Nc1ccc(O)c(F)c1. The van der Waals surface area contributed by atoms with Crippen LogP contribution in [0.4, 0.5) is 10.1 Å². The van der Waals surface area contributed by atoms with Crippen LogP contribution in [0.2, 0.25) is 0 Å². The Bertz CT molecular complexity index is 455. The monoisotopic (exact) mass is 268 g/mol. The molecule has 1 rings (SSSR count). The topological polar surface area (TPSA) is 75.4 Å². The number of carbonyl (C=O) groups is 1. The van der Waals surface area contributed by atoms with E-state index in [2.05, 4.69) is 26.1 Å². The van der Waals surface area contributed by atoms with Crippen LogP contribution in [0.15, 0.2) is 18.2 Å². The van der Waals surface area contributed by atoms with Crippen molar-refractivity contribution in [1.29, 1.82) is 0 Å². The molecule has 0 aliphatic rings. The highest BCUT2D eigenvalue weighted by molar-refractivity contribution is 5.91. The van der Waals surface area contributed by atoms with Gasteiger partial charge in [0.2, 0.25) is 5.91 Å². The molecule has 0 bridgehead atoms. The number of hydrogen-bond acceptors (Lipinski definition) is 3. The number of anilines is 1. The van der Waals surface area contributed by atoms with Crippen molar-refractivity contribution in [2.75, 3.05) is 5.32 Å². The molecular formula is C14H21FN2O2. The Kier molecular flexibility index (Phi) is 4.89. The van der Waals surface area contributed by atoms with Gasteiger partial charge in [-0.1, -0.05) is 20.8 Å². The Balaban J connectivity index is 2.53. The number of benzene rings is 1. The first kappa shape index (κ1) is 15.4. The molecule has 1 aromatic carbocycles. The number of nitrogens with two attached hydrogens (primary N) is 1. The summed E-state index contributed by atoms with van der Waals surface area (Å²) in [5.41, 5.74) is 6.26. The summed E-state index contributed by atoms with van der Waals surface area (Å²) >= 11 is 0. The van der Waals surface area contributed by atoms with E-state index in [0.717, 1.165) is 12.5 Å². The molecule has 4 nitrogen and oxygen atoms in total. The van der Waals surface area contributed by atoms with Gasteiger partial charge in [-0.05, 0) is 24.0 Å². The van der Waals surface area contributed by atoms with Gasteiger partial charge in [-0.2, -0.15) is 0 Å². The highest BCUT2D eigenvalue weighted by atomic mass is 19.1. The van der Waals surface area contributed by atoms with Gasteiger partial charge in [0.1, 0.15) is 0 Å². The maximum atomic E-state index is 13.1. The summed E-state index contributed by atoms with van der Waals surface area (Å²) in [6.07, 6.45) is 0.907. The molecule has 0 aromatic heterocycles. The van der Waals surface area contributed by atoms with Gasteiger partial charge in [0, 0.05) is 24.2 Å². The molecule has 0 spiro atoms. The van der Waals surface area contributed by atoms with Gasteiger partial charge in [0.05, 0.1) is 0 Å². The summed E-state index contributed by atoms with van der Waals surface area (Å²) in [6, 6.07) is 3.47. The standard InChI is InChI=1S/C14H21FN2O2/c1-14(2,3)8-9(16)6-13(19)17-10-4-5-12(18)11(15)7-10/h4-5,7,9,18H,6,8,16H2,1-3H3,(H,17,19). The van der Waals surface area contributed by atoms with Gasteiger partial charge >= 0.3 is 0 Å². The van der Waals surface area contributed by atoms with Crippen molar-refractivity contribution in [3.05, 3.63) is 24.0 Å². The highest BCUT2D eigenvalue weighted by Gasteiger charge is 2.18. The van der Waals surface area contributed by atoms with E-state index in [0.29, 0.717) is 5.69 Å². The van der Waals surface area contributed by atoms with E-state index < -0.39 is 11.6 Å². The van der Waals surface area contributed by atoms with Crippen molar-refractivity contribution in [2.45, 2.75) is 39.7 Å². The van der Waals surface area contributed by atoms with E-state index >= 15 is 0 Å². The molecular weight excluding hydrogens is 247 g/mol. The van der Waals surface area contributed by atoms with Crippen LogP contribution in [0.25, 0.3) is 0 Å². The second kappa shape index (κ2) is 6.02. The van der Waals surface area contributed by atoms with E-state index in [-0.39, 0.29) is 23.8 Å². The molecule has 4 N–H and O–H groups in total. The minimum Gasteiger partial charge on any atom is -0.505 e. The zero-order chi connectivity index (χ0) is 14.6. The second-order valence-corrected chi connectivity index (χ2v) is 5.94. The lowest BCUT2D eigenvalue weighted by atomic mass is 9.87.